The van der Waals surface area contributed by atoms with E-state index in [2.05, 4.69) is 35.1 Å². The van der Waals surface area contributed by atoms with Crippen LogP contribution < -0.4 is 5.32 Å². The van der Waals surface area contributed by atoms with Crippen LogP contribution in [0, 0.1) is 5.92 Å². The number of ether oxygens (including phenoxy) is 1. The van der Waals surface area contributed by atoms with Crippen LogP contribution in [0.15, 0.2) is 22.7 Å². The number of aromatic carboxylic acids is 1. The molecule has 1 rings (SSSR count). The van der Waals surface area contributed by atoms with Crippen LogP contribution in [-0.4, -0.2) is 30.8 Å². The van der Waals surface area contributed by atoms with Gasteiger partial charge in [0.05, 0.1) is 18.2 Å². The number of anilines is 1. The standard InChI is InChI=1S/C13H18BrNO3/c1-8(2)12(7-18-3)15-11-5-9(13(16)17)4-10(14)6-11/h4-6,8,12,15H,7H2,1-3H3,(H,16,17). The number of hydrogen-bond acceptors (Lipinski definition) is 3. The summed E-state index contributed by atoms with van der Waals surface area (Å²) >= 11 is 3.31. The van der Waals surface area contributed by atoms with Gasteiger partial charge in [-0.1, -0.05) is 29.8 Å². The molecule has 0 amide bonds. The van der Waals surface area contributed by atoms with Crippen molar-refractivity contribution < 1.29 is 14.6 Å². The van der Waals surface area contributed by atoms with Gasteiger partial charge in [0.15, 0.2) is 0 Å². The van der Waals surface area contributed by atoms with Gasteiger partial charge >= 0.3 is 5.97 Å². The molecule has 0 radical (unpaired) electrons. The number of hydrogen-bond donors (Lipinski definition) is 2. The number of rotatable bonds is 6. The topological polar surface area (TPSA) is 58.6 Å². The molecule has 0 saturated heterocycles. The number of carboxylic acids is 1. The van der Waals surface area contributed by atoms with Gasteiger partial charge < -0.3 is 15.2 Å². The third-order valence-corrected chi connectivity index (χ3v) is 3.11. The second-order valence-corrected chi connectivity index (χ2v) is 5.40. The van der Waals surface area contributed by atoms with E-state index >= 15 is 0 Å². The SMILES string of the molecule is COCC(Nc1cc(Br)cc(C(=O)O)c1)C(C)C. The number of methoxy groups -OCH3 is 1. The number of benzene rings is 1. The zero-order valence-electron chi connectivity index (χ0n) is 10.7. The average molecular weight is 316 g/mol. The van der Waals surface area contributed by atoms with Crippen molar-refractivity contribution in [1.29, 1.82) is 0 Å². The Morgan fingerprint density at radius 1 is 1.44 bits per heavy atom. The lowest BCUT2D eigenvalue weighted by atomic mass is 10.0. The molecular weight excluding hydrogens is 298 g/mol. The van der Waals surface area contributed by atoms with E-state index in [0.717, 1.165) is 10.2 Å². The summed E-state index contributed by atoms with van der Waals surface area (Å²) in [6.07, 6.45) is 0. The first-order valence-corrected chi connectivity index (χ1v) is 6.52. The molecule has 0 spiro atoms. The minimum Gasteiger partial charge on any atom is -0.478 e. The summed E-state index contributed by atoms with van der Waals surface area (Å²) in [5.74, 6) is -0.551. The molecule has 0 aliphatic heterocycles. The fraction of sp³-hybridized carbons (Fsp3) is 0.462. The molecule has 4 nitrogen and oxygen atoms in total. The lowest BCUT2D eigenvalue weighted by molar-refractivity contribution is 0.0697. The second kappa shape index (κ2) is 6.75. The summed E-state index contributed by atoms with van der Waals surface area (Å²) < 4.78 is 5.90. The van der Waals surface area contributed by atoms with Crippen LogP contribution in [-0.2, 0) is 4.74 Å². The predicted octanol–water partition coefficient (Wildman–Crippen LogP) is 3.23. The molecule has 2 N–H and O–H groups in total. The Bertz CT molecular complexity index is 421. The summed E-state index contributed by atoms with van der Waals surface area (Å²) in [5, 5.41) is 12.3. The lowest BCUT2D eigenvalue weighted by Gasteiger charge is -2.23. The van der Waals surface area contributed by atoms with E-state index < -0.39 is 5.97 Å². The van der Waals surface area contributed by atoms with Gasteiger partial charge in [-0.05, 0) is 24.1 Å². The van der Waals surface area contributed by atoms with Crippen molar-refractivity contribution in [3.8, 4) is 0 Å². The molecule has 100 valence electrons. The van der Waals surface area contributed by atoms with E-state index in [1.165, 1.54) is 0 Å². The molecule has 1 atom stereocenters. The van der Waals surface area contributed by atoms with Gasteiger partial charge in [0, 0.05) is 17.3 Å². The van der Waals surface area contributed by atoms with Gasteiger partial charge in [0.2, 0.25) is 0 Å². The monoisotopic (exact) mass is 315 g/mol. The normalized spacial score (nSPS) is 12.5. The zero-order valence-corrected chi connectivity index (χ0v) is 12.3. The number of carboxylic acid groups (broad SMARTS) is 1. The first-order chi connectivity index (χ1) is 8.43. The number of halogens is 1. The second-order valence-electron chi connectivity index (χ2n) is 4.48. The Balaban J connectivity index is 2.91. The molecule has 0 bridgehead atoms. The maximum atomic E-state index is 11.0. The molecule has 1 unspecified atom stereocenters. The van der Waals surface area contributed by atoms with Gasteiger partial charge in [-0.3, -0.25) is 0 Å². The van der Waals surface area contributed by atoms with E-state index in [9.17, 15) is 4.79 Å². The lowest BCUT2D eigenvalue weighted by Crippen LogP contribution is -2.30. The van der Waals surface area contributed by atoms with Gasteiger partial charge in [-0.2, -0.15) is 0 Å². The Morgan fingerprint density at radius 3 is 2.61 bits per heavy atom. The Morgan fingerprint density at radius 2 is 2.11 bits per heavy atom. The summed E-state index contributed by atoms with van der Waals surface area (Å²) in [7, 11) is 1.65. The van der Waals surface area contributed by atoms with E-state index in [-0.39, 0.29) is 11.6 Å². The molecule has 1 aromatic rings. The summed E-state index contributed by atoms with van der Waals surface area (Å²) in [5.41, 5.74) is 1.03. The van der Waals surface area contributed by atoms with Crippen molar-refractivity contribution in [3.05, 3.63) is 28.2 Å². The minimum absolute atomic E-state index is 0.144. The Kier molecular flexibility index (Phi) is 5.62. The Hall–Kier alpha value is -1.07. The van der Waals surface area contributed by atoms with E-state index in [4.69, 9.17) is 9.84 Å². The molecule has 0 heterocycles. The van der Waals surface area contributed by atoms with Gasteiger partial charge in [0.1, 0.15) is 0 Å². The van der Waals surface area contributed by atoms with Crippen LogP contribution >= 0.6 is 15.9 Å². The molecule has 0 aliphatic carbocycles. The van der Waals surface area contributed by atoms with Gasteiger partial charge in [-0.15, -0.1) is 0 Å². The highest BCUT2D eigenvalue weighted by molar-refractivity contribution is 9.10. The van der Waals surface area contributed by atoms with Crippen molar-refractivity contribution in [2.75, 3.05) is 19.0 Å². The van der Waals surface area contributed by atoms with E-state index in [0.29, 0.717) is 12.5 Å². The molecule has 0 aromatic heterocycles. The largest absolute Gasteiger partial charge is 0.478 e. The number of carbonyl (C=O) groups is 1. The third kappa shape index (κ3) is 4.31. The highest BCUT2D eigenvalue weighted by Crippen LogP contribution is 2.21. The molecule has 0 fully saturated rings. The number of nitrogens with one attached hydrogen (secondary N) is 1. The van der Waals surface area contributed by atoms with Crippen molar-refractivity contribution in [2.24, 2.45) is 5.92 Å². The van der Waals surface area contributed by atoms with E-state index in [1.807, 2.05) is 6.07 Å². The van der Waals surface area contributed by atoms with Gasteiger partial charge in [0.25, 0.3) is 0 Å². The quantitative estimate of drug-likeness (QED) is 0.846. The molecule has 0 aliphatic rings. The fourth-order valence-corrected chi connectivity index (χ4v) is 2.08. The van der Waals surface area contributed by atoms with Crippen molar-refractivity contribution >= 4 is 27.6 Å². The molecular formula is C13H18BrNO3. The summed E-state index contributed by atoms with van der Waals surface area (Å²) in [6, 6.07) is 5.20. The van der Waals surface area contributed by atoms with Gasteiger partial charge in [-0.25, -0.2) is 4.79 Å². The maximum absolute atomic E-state index is 11.0. The Labute approximate surface area is 115 Å². The minimum atomic E-state index is -0.938. The van der Waals surface area contributed by atoms with Crippen LogP contribution in [0.1, 0.15) is 24.2 Å². The first-order valence-electron chi connectivity index (χ1n) is 5.73. The molecule has 0 saturated carbocycles. The molecule has 18 heavy (non-hydrogen) atoms. The van der Waals surface area contributed by atoms with Crippen LogP contribution in [0.2, 0.25) is 0 Å². The van der Waals surface area contributed by atoms with Crippen molar-refractivity contribution in [1.82, 2.24) is 0 Å². The maximum Gasteiger partial charge on any atom is 0.335 e. The first kappa shape index (κ1) is 15.0. The highest BCUT2D eigenvalue weighted by Gasteiger charge is 2.14. The van der Waals surface area contributed by atoms with Crippen LogP contribution in [0.4, 0.5) is 5.69 Å². The van der Waals surface area contributed by atoms with Crippen LogP contribution in [0.5, 0.6) is 0 Å². The van der Waals surface area contributed by atoms with Crippen LogP contribution in [0.3, 0.4) is 0 Å². The van der Waals surface area contributed by atoms with Crippen molar-refractivity contribution in [2.45, 2.75) is 19.9 Å². The fourth-order valence-electron chi connectivity index (χ4n) is 1.59. The molecule has 5 heteroatoms. The molecule has 1 aromatic carbocycles. The van der Waals surface area contributed by atoms with Crippen LogP contribution in [0.25, 0.3) is 0 Å². The zero-order chi connectivity index (χ0) is 13.7. The van der Waals surface area contributed by atoms with Crippen molar-refractivity contribution in [3.63, 3.8) is 0 Å². The van der Waals surface area contributed by atoms with E-state index in [1.54, 1.807) is 19.2 Å². The summed E-state index contributed by atoms with van der Waals surface area (Å²) in [4.78, 5) is 11.0. The summed E-state index contributed by atoms with van der Waals surface area (Å²) in [6.45, 7) is 4.76. The highest BCUT2D eigenvalue weighted by atomic mass is 79.9. The smallest absolute Gasteiger partial charge is 0.335 e. The third-order valence-electron chi connectivity index (χ3n) is 2.65. The average Bonchev–Trinajstić information content (AvgIpc) is 2.27. The predicted molar refractivity (Wildman–Crippen MR) is 75.2 cm³/mol.